The van der Waals surface area contributed by atoms with Crippen molar-refractivity contribution >= 4 is 40.7 Å². The third-order valence-electron chi connectivity index (χ3n) is 5.89. The topological polar surface area (TPSA) is 40.5 Å². The molecule has 0 spiro atoms. The molecule has 0 bridgehead atoms. The number of fused-ring (bicyclic) bond motifs is 3. The average molecular weight is 349 g/mol. The molecule has 0 unspecified atom stereocenters. The fourth-order valence-electron chi connectivity index (χ4n) is 3.67. The Labute approximate surface area is 154 Å². The molecule has 1 aliphatic rings. The number of aldehydes is 1. The van der Waals surface area contributed by atoms with E-state index in [9.17, 15) is 4.79 Å². The molecule has 0 aliphatic carbocycles. The first-order valence-electron chi connectivity index (χ1n) is 9.14. The van der Waals surface area contributed by atoms with Gasteiger partial charge in [-0.3, -0.25) is 4.79 Å². The lowest BCUT2D eigenvalue weighted by atomic mass is 9.79. The van der Waals surface area contributed by atoms with Crippen LogP contribution in [0.15, 0.2) is 36.4 Å². The van der Waals surface area contributed by atoms with Gasteiger partial charge in [0.05, 0.1) is 11.2 Å². The molecule has 5 heteroatoms. The largest absolute Gasteiger partial charge is 0.494 e. The van der Waals surface area contributed by atoms with E-state index in [1.807, 2.05) is 18.2 Å². The summed E-state index contributed by atoms with van der Waals surface area (Å²) in [7, 11) is -0.377. The maximum atomic E-state index is 11.2. The number of carbonyl (C=O) groups excluding carboxylic acids is 1. The van der Waals surface area contributed by atoms with Gasteiger partial charge in [-0.2, -0.15) is 0 Å². The Morgan fingerprint density at radius 1 is 0.962 bits per heavy atom. The Balaban J connectivity index is 1.88. The SMILES string of the molecule is CCn1c2ccc(C=O)cc2c2ccc(B3OC(C)(C)C(C)(C)O3)cc21. The molecule has 1 saturated heterocycles. The minimum atomic E-state index is -0.377. The minimum absolute atomic E-state index is 0.358. The number of hydrogen-bond acceptors (Lipinski definition) is 3. The monoisotopic (exact) mass is 349 g/mol. The van der Waals surface area contributed by atoms with E-state index in [0.29, 0.717) is 5.56 Å². The molecule has 0 amide bonds. The zero-order valence-corrected chi connectivity index (χ0v) is 16.0. The lowest BCUT2D eigenvalue weighted by Crippen LogP contribution is -2.41. The summed E-state index contributed by atoms with van der Waals surface area (Å²) in [5.41, 5.74) is 3.27. The van der Waals surface area contributed by atoms with Gasteiger partial charge in [0.1, 0.15) is 6.29 Å². The highest BCUT2D eigenvalue weighted by atomic mass is 16.7. The van der Waals surface area contributed by atoms with Gasteiger partial charge in [-0.25, -0.2) is 0 Å². The molecule has 0 saturated carbocycles. The number of aryl methyl sites for hydroxylation is 1. The first-order chi connectivity index (χ1) is 12.3. The van der Waals surface area contributed by atoms with Crippen molar-refractivity contribution in [1.29, 1.82) is 0 Å². The van der Waals surface area contributed by atoms with Crippen molar-refractivity contribution in [2.45, 2.75) is 52.4 Å². The van der Waals surface area contributed by atoms with Crippen LogP contribution < -0.4 is 5.46 Å². The molecule has 4 rings (SSSR count). The Bertz CT molecular complexity index is 1000. The van der Waals surface area contributed by atoms with E-state index in [1.165, 1.54) is 0 Å². The second kappa shape index (κ2) is 5.70. The van der Waals surface area contributed by atoms with Crippen molar-refractivity contribution in [2.75, 3.05) is 0 Å². The summed E-state index contributed by atoms with van der Waals surface area (Å²) in [6.07, 6.45) is 0.896. The van der Waals surface area contributed by atoms with Crippen molar-refractivity contribution in [3.05, 3.63) is 42.0 Å². The molecule has 1 aromatic heterocycles. The lowest BCUT2D eigenvalue weighted by Gasteiger charge is -2.32. The van der Waals surface area contributed by atoms with E-state index in [1.54, 1.807) is 0 Å². The first-order valence-corrected chi connectivity index (χ1v) is 9.14. The molecule has 0 atom stereocenters. The van der Waals surface area contributed by atoms with Crippen molar-refractivity contribution in [3.63, 3.8) is 0 Å². The predicted octanol–water partition coefficient (Wildman–Crippen LogP) is 3.93. The van der Waals surface area contributed by atoms with E-state index in [4.69, 9.17) is 9.31 Å². The third kappa shape index (κ3) is 2.42. The average Bonchev–Trinajstić information content (AvgIpc) is 3.03. The fraction of sp³-hybridized carbons (Fsp3) is 0.381. The van der Waals surface area contributed by atoms with Gasteiger partial charge in [-0.1, -0.05) is 12.1 Å². The number of carbonyl (C=O) groups is 1. The van der Waals surface area contributed by atoms with Gasteiger partial charge >= 0.3 is 7.12 Å². The van der Waals surface area contributed by atoms with E-state index in [2.05, 4.69) is 57.4 Å². The zero-order chi connectivity index (χ0) is 18.7. The standard InChI is InChI=1S/C21H24BNO3/c1-6-23-18-10-7-14(13-24)11-17(18)16-9-8-15(12-19(16)23)22-25-20(2,3)21(4,5)26-22/h7-13H,6H2,1-5H3. The summed E-state index contributed by atoms with van der Waals surface area (Å²) < 4.78 is 14.7. The van der Waals surface area contributed by atoms with Crippen LogP contribution in [0.2, 0.25) is 0 Å². The quantitative estimate of drug-likeness (QED) is 0.531. The smallest absolute Gasteiger partial charge is 0.399 e. The molecular formula is C21H24BNO3. The van der Waals surface area contributed by atoms with Gasteiger partial charge in [0, 0.05) is 33.9 Å². The summed E-state index contributed by atoms with van der Waals surface area (Å²) in [5.74, 6) is 0. The van der Waals surface area contributed by atoms with E-state index < -0.39 is 0 Å². The van der Waals surface area contributed by atoms with Crippen LogP contribution >= 0.6 is 0 Å². The highest BCUT2D eigenvalue weighted by Crippen LogP contribution is 2.37. The Morgan fingerprint density at radius 2 is 1.65 bits per heavy atom. The molecule has 2 heterocycles. The molecule has 4 nitrogen and oxygen atoms in total. The molecule has 134 valence electrons. The maximum absolute atomic E-state index is 11.2. The van der Waals surface area contributed by atoms with Gasteiger partial charge in [-0.15, -0.1) is 0 Å². The number of aromatic nitrogens is 1. The molecule has 26 heavy (non-hydrogen) atoms. The molecule has 3 aromatic rings. The second-order valence-corrected chi connectivity index (χ2v) is 8.00. The second-order valence-electron chi connectivity index (χ2n) is 8.00. The van der Waals surface area contributed by atoms with Gasteiger partial charge in [-0.05, 0) is 64.3 Å². The predicted molar refractivity (Wildman–Crippen MR) is 106 cm³/mol. The Kier molecular flexibility index (Phi) is 3.79. The van der Waals surface area contributed by atoms with Crippen molar-refractivity contribution in [1.82, 2.24) is 4.57 Å². The number of nitrogens with zero attached hydrogens (tertiary/aromatic N) is 1. The maximum Gasteiger partial charge on any atom is 0.494 e. The minimum Gasteiger partial charge on any atom is -0.399 e. The van der Waals surface area contributed by atoms with Crippen molar-refractivity contribution in [2.24, 2.45) is 0 Å². The third-order valence-corrected chi connectivity index (χ3v) is 5.89. The van der Waals surface area contributed by atoms with Gasteiger partial charge < -0.3 is 13.9 Å². The summed E-state index contributed by atoms with van der Waals surface area (Å²) in [6, 6.07) is 12.2. The molecular weight excluding hydrogens is 325 g/mol. The summed E-state index contributed by atoms with van der Waals surface area (Å²) in [4.78, 5) is 11.2. The number of hydrogen-bond donors (Lipinski definition) is 0. The van der Waals surface area contributed by atoms with Crippen LogP contribution in [0.4, 0.5) is 0 Å². The number of rotatable bonds is 3. The lowest BCUT2D eigenvalue weighted by molar-refractivity contribution is 0.00578. The van der Waals surface area contributed by atoms with Crippen LogP contribution in [0.1, 0.15) is 45.0 Å². The summed E-state index contributed by atoms with van der Waals surface area (Å²) in [5, 5.41) is 2.25. The molecule has 0 radical (unpaired) electrons. The number of benzene rings is 2. The van der Waals surface area contributed by atoms with Crippen molar-refractivity contribution < 1.29 is 14.1 Å². The van der Waals surface area contributed by atoms with Crippen LogP contribution in [0.25, 0.3) is 21.8 Å². The van der Waals surface area contributed by atoms with Crippen LogP contribution in [-0.4, -0.2) is 29.2 Å². The summed E-state index contributed by atoms with van der Waals surface area (Å²) in [6.45, 7) is 11.2. The van der Waals surface area contributed by atoms with E-state index in [0.717, 1.165) is 40.1 Å². The summed E-state index contributed by atoms with van der Waals surface area (Å²) >= 11 is 0. The Hall–Kier alpha value is -2.11. The normalized spacial score (nSPS) is 18.7. The zero-order valence-electron chi connectivity index (χ0n) is 16.0. The molecule has 0 N–H and O–H groups in total. The van der Waals surface area contributed by atoms with Crippen LogP contribution in [0.5, 0.6) is 0 Å². The highest BCUT2D eigenvalue weighted by molar-refractivity contribution is 6.62. The van der Waals surface area contributed by atoms with E-state index >= 15 is 0 Å². The molecule has 1 aliphatic heterocycles. The van der Waals surface area contributed by atoms with Crippen molar-refractivity contribution in [3.8, 4) is 0 Å². The first kappa shape index (κ1) is 17.3. The highest BCUT2D eigenvalue weighted by Gasteiger charge is 2.51. The van der Waals surface area contributed by atoms with E-state index in [-0.39, 0.29) is 18.3 Å². The van der Waals surface area contributed by atoms with Crippen LogP contribution in [0, 0.1) is 0 Å². The van der Waals surface area contributed by atoms with Gasteiger partial charge in [0.15, 0.2) is 0 Å². The van der Waals surface area contributed by atoms with Gasteiger partial charge in [0.25, 0.3) is 0 Å². The molecule has 1 fully saturated rings. The van der Waals surface area contributed by atoms with Crippen LogP contribution in [-0.2, 0) is 15.9 Å². The molecule has 2 aromatic carbocycles. The van der Waals surface area contributed by atoms with Crippen LogP contribution in [0.3, 0.4) is 0 Å². The fourth-order valence-corrected chi connectivity index (χ4v) is 3.67. The Morgan fingerprint density at radius 3 is 2.27 bits per heavy atom. The van der Waals surface area contributed by atoms with Gasteiger partial charge in [0.2, 0.25) is 0 Å².